The molecule has 1 N–H and O–H groups in total. The van der Waals surface area contributed by atoms with E-state index in [1.165, 1.54) is 6.08 Å². The monoisotopic (exact) mass is 442 g/mol. The van der Waals surface area contributed by atoms with Crippen LogP contribution >= 0.6 is 0 Å². The number of hydrogen-bond acceptors (Lipinski definition) is 6. The van der Waals surface area contributed by atoms with Crippen molar-refractivity contribution in [2.24, 2.45) is 4.99 Å². The topological polar surface area (TPSA) is 88.9 Å². The van der Waals surface area contributed by atoms with E-state index in [-0.39, 0.29) is 11.7 Å². The average Bonchev–Trinajstić information content (AvgIpc) is 3.20. The van der Waals surface area contributed by atoms with Crippen LogP contribution in [-0.4, -0.2) is 37.0 Å². The molecule has 0 aliphatic heterocycles. The summed E-state index contributed by atoms with van der Waals surface area (Å²) in [6.45, 7) is 4.62. The summed E-state index contributed by atoms with van der Waals surface area (Å²) in [6.07, 6.45) is 1.98. The van der Waals surface area contributed by atoms with Crippen LogP contribution < -0.4 is 4.74 Å². The molecular weight excluding hydrogens is 421 g/mol. The first-order valence-electron chi connectivity index (χ1n) is 9.75. The van der Waals surface area contributed by atoms with Gasteiger partial charge < -0.3 is 4.74 Å². The lowest BCUT2D eigenvalue weighted by molar-refractivity contribution is -0.0912. The molecule has 0 aliphatic rings. The van der Waals surface area contributed by atoms with Crippen LogP contribution in [0, 0.1) is 6.92 Å². The van der Waals surface area contributed by atoms with E-state index in [0.29, 0.717) is 35.3 Å². The van der Waals surface area contributed by atoms with Crippen molar-refractivity contribution in [2.45, 2.75) is 33.4 Å². The van der Waals surface area contributed by atoms with Gasteiger partial charge in [0.05, 0.1) is 5.71 Å². The number of H-pyrrole nitrogens is 1. The van der Waals surface area contributed by atoms with Crippen LogP contribution in [0.15, 0.2) is 65.3 Å². The van der Waals surface area contributed by atoms with E-state index < -0.39 is 11.7 Å². The van der Waals surface area contributed by atoms with E-state index in [2.05, 4.69) is 30.1 Å². The molecule has 166 valence electrons. The molecule has 7 nitrogen and oxygen atoms in total. The number of aromatic nitrogens is 5. The van der Waals surface area contributed by atoms with Crippen LogP contribution in [-0.2, 0) is 0 Å². The molecular formula is C22H21F3N6O. The summed E-state index contributed by atoms with van der Waals surface area (Å²) in [5.74, 6) is 1.91. The molecule has 0 aliphatic carbocycles. The van der Waals surface area contributed by atoms with Crippen molar-refractivity contribution < 1.29 is 17.9 Å². The Kier molecular flexibility index (Phi) is 7.14. The van der Waals surface area contributed by atoms with Crippen molar-refractivity contribution in [1.29, 1.82) is 0 Å². The van der Waals surface area contributed by atoms with E-state index in [1.807, 2.05) is 6.92 Å². The number of aryl methyl sites for hydroxylation is 1. The molecule has 0 spiro atoms. The van der Waals surface area contributed by atoms with Gasteiger partial charge in [-0.15, -0.1) is 5.10 Å². The van der Waals surface area contributed by atoms with Crippen molar-refractivity contribution in [1.82, 2.24) is 25.1 Å². The standard InChI is InChI=1S/C22H21F3N6O/c1-4-5-8-17(12-14(2)22(23,24)25)28-21-29-20(30-31-21)16-7-6-9-18(13-16)32-19-10-11-26-15(3)27-19/h5-13H,4H2,1-3H3,(H,29,30,31)/b8-5-,14-12+,28-17?. The number of allylic oxidation sites excluding steroid dienone is 4. The molecule has 1 aromatic carbocycles. The van der Waals surface area contributed by atoms with E-state index >= 15 is 0 Å². The summed E-state index contributed by atoms with van der Waals surface area (Å²) in [7, 11) is 0. The number of ether oxygens (including phenoxy) is 1. The number of nitrogens with one attached hydrogen (secondary N) is 1. The smallest absolute Gasteiger partial charge is 0.412 e. The molecule has 2 heterocycles. The maximum absolute atomic E-state index is 12.9. The Hall–Kier alpha value is -3.82. The molecule has 0 radical (unpaired) electrons. The molecule has 0 bridgehead atoms. The summed E-state index contributed by atoms with van der Waals surface area (Å²) >= 11 is 0. The van der Waals surface area contributed by atoms with E-state index in [1.54, 1.807) is 49.5 Å². The summed E-state index contributed by atoms with van der Waals surface area (Å²) in [5.41, 5.74) is -0.00379. The number of benzene rings is 1. The van der Waals surface area contributed by atoms with Crippen molar-refractivity contribution in [2.75, 3.05) is 0 Å². The molecule has 32 heavy (non-hydrogen) atoms. The Morgan fingerprint density at radius 3 is 2.75 bits per heavy atom. The van der Waals surface area contributed by atoms with Crippen LogP contribution in [0.25, 0.3) is 11.4 Å². The van der Waals surface area contributed by atoms with Gasteiger partial charge in [-0.2, -0.15) is 23.1 Å². The third kappa shape index (κ3) is 6.34. The fourth-order valence-corrected chi connectivity index (χ4v) is 2.53. The zero-order chi connectivity index (χ0) is 23.1. The molecule has 0 unspecified atom stereocenters. The number of aromatic amines is 1. The number of rotatable bonds is 7. The Bertz CT molecular complexity index is 1160. The molecule has 0 amide bonds. The van der Waals surface area contributed by atoms with E-state index in [0.717, 1.165) is 13.0 Å². The van der Waals surface area contributed by atoms with E-state index in [4.69, 9.17) is 4.74 Å². The van der Waals surface area contributed by atoms with Crippen LogP contribution in [0.3, 0.4) is 0 Å². The second kappa shape index (κ2) is 9.99. The molecule has 0 saturated heterocycles. The predicted octanol–water partition coefficient (Wildman–Crippen LogP) is 5.91. The number of alkyl halides is 3. The highest BCUT2D eigenvalue weighted by Crippen LogP contribution is 2.27. The van der Waals surface area contributed by atoms with Gasteiger partial charge in [0.2, 0.25) is 5.88 Å². The maximum atomic E-state index is 12.9. The highest BCUT2D eigenvalue weighted by molar-refractivity contribution is 6.05. The third-order valence-corrected chi connectivity index (χ3v) is 4.12. The van der Waals surface area contributed by atoms with Crippen molar-refractivity contribution in [3.63, 3.8) is 0 Å². The van der Waals surface area contributed by atoms with Gasteiger partial charge in [-0.05, 0) is 44.6 Å². The van der Waals surface area contributed by atoms with Crippen molar-refractivity contribution >= 4 is 11.7 Å². The summed E-state index contributed by atoms with van der Waals surface area (Å²) in [6, 6.07) is 8.70. The minimum absolute atomic E-state index is 0.0136. The number of nitrogens with zero attached hydrogens (tertiary/aromatic N) is 5. The first kappa shape index (κ1) is 22.9. The number of aliphatic imine (C=N–C) groups is 1. The average molecular weight is 442 g/mol. The molecule has 3 rings (SSSR count). The van der Waals surface area contributed by atoms with Gasteiger partial charge in [-0.1, -0.05) is 25.1 Å². The lowest BCUT2D eigenvalue weighted by Crippen LogP contribution is -2.10. The Balaban J connectivity index is 1.86. The molecule has 3 aromatic rings. The minimum atomic E-state index is -4.44. The number of halogens is 3. The number of hydrogen-bond donors (Lipinski definition) is 1. The minimum Gasteiger partial charge on any atom is -0.439 e. The van der Waals surface area contributed by atoms with Gasteiger partial charge in [0.25, 0.3) is 5.95 Å². The van der Waals surface area contributed by atoms with Crippen LogP contribution in [0.1, 0.15) is 26.1 Å². The second-order valence-electron chi connectivity index (χ2n) is 6.73. The van der Waals surface area contributed by atoms with E-state index in [9.17, 15) is 13.2 Å². The Labute approximate surface area is 182 Å². The zero-order valence-corrected chi connectivity index (χ0v) is 17.7. The largest absolute Gasteiger partial charge is 0.439 e. The SMILES string of the molecule is CC/C=C\C(/C=C(\C)C(F)(F)F)=Nc1n[nH]c(-c2cccc(Oc3ccnc(C)n3)c2)n1. The quantitative estimate of drug-likeness (QED) is 0.460. The van der Waals surface area contributed by atoms with Crippen molar-refractivity contribution in [3.05, 3.63) is 66.2 Å². The Morgan fingerprint density at radius 1 is 1.22 bits per heavy atom. The van der Waals surface area contributed by atoms with Crippen LogP contribution in [0.4, 0.5) is 19.1 Å². The van der Waals surface area contributed by atoms with Crippen LogP contribution in [0.5, 0.6) is 11.6 Å². The van der Waals surface area contributed by atoms with Gasteiger partial charge in [0.15, 0.2) is 5.82 Å². The molecule has 0 fully saturated rings. The molecule has 0 atom stereocenters. The molecule has 0 saturated carbocycles. The van der Waals surface area contributed by atoms with Gasteiger partial charge >= 0.3 is 6.18 Å². The van der Waals surface area contributed by atoms with Crippen LogP contribution in [0.2, 0.25) is 0 Å². The predicted molar refractivity (Wildman–Crippen MR) is 115 cm³/mol. The maximum Gasteiger partial charge on any atom is 0.412 e. The first-order valence-corrected chi connectivity index (χ1v) is 9.75. The normalized spacial score (nSPS) is 13.1. The fourth-order valence-electron chi connectivity index (χ4n) is 2.53. The second-order valence-corrected chi connectivity index (χ2v) is 6.73. The lowest BCUT2D eigenvalue weighted by Gasteiger charge is -2.06. The van der Waals surface area contributed by atoms with Gasteiger partial charge in [-0.3, -0.25) is 5.10 Å². The lowest BCUT2D eigenvalue weighted by atomic mass is 10.2. The zero-order valence-electron chi connectivity index (χ0n) is 17.7. The van der Waals surface area contributed by atoms with Gasteiger partial charge in [-0.25, -0.2) is 9.98 Å². The highest BCUT2D eigenvalue weighted by atomic mass is 19.4. The van der Waals surface area contributed by atoms with Gasteiger partial charge in [0, 0.05) is 23.4 Å². The summed E-state index contributed by atoms with van der Waals surface area (Å²) in [4.78, 5) is 16.6. The van der Waals surface area contributed by atoms with Gasteiger partial charge in [0.1, 0.15) is 11.6 Å². The summed E-state index contributed by atoms with van der Waals surface area (Å²) in [5, 5.41) is 6.76. The highest BCUT2D eigenvalue weighted by Gasteiger charge is 2.30. The molecule has 10 heteroatoms. The Morgan fingerprint density at radius 2 is 2.03 bits per heavy atom. The first-order chi connectivity index (χ1) is 15.2. The summed E-state index contributed by atoms with van der Waals surface area (Å²) < 4.78 is 44.5. The third-order valence-electron chi connectivity index (χ3n) is 4.12. The van der Waals surface area contributed by atoms with Crippen molar-refractivity contribution in [3.8, 4) is 23.0 Å². The molecule has 2 aromatic heterocycles. The fraction of sp³-hybridized carbons (Fsp3) is 0.227.